The first kappa shape index (κ1) is 28.0. The zero-order chi connectivity index (χ0) is 26.2. The number of carbonyl (C=O) groups is 2. The minimum Gasteiger partial charge on any atom is -0.480 e. The monoisotopic (exact) mass is 480 g/mol. The first-order valence-corrected chi connectivity index (χ1v) is 11.7. The smallest absolute Gasteiger partial charge is 0.198 e. The van der Waals surface area contributed by atoms with Crippen LogP contribution in [0.4, 0.5) is 0 Å². The van der Waals surface area contributed by atoms with Gasteiger partial charge >= 0.3 is 0 Å². The number of aliphatic hydroxyl groups is 2. The fourth-order valence-electron chi connectivity index (χ4n) is 3.67. The van der Waals surface area contributed by atoms with Crippen molar-refractivity contribution < 1.29 is 29.3 Å². The number of benzene rings is 2. The van der Waals surface area contributed by atoms with E-state index >= 15 is 0 Å². The van der Waals surface area contributed by atoms with Crippen LogP contribution >= 0.6 is 0 Å². The molecular formula is C29H36O6. The summed E-state index contributed by atoms with van der Waals surface area (Å²) in [6, 6.07) is 14.9. The average Bonchev–Trinajstić information content (AvgIpc) is 2.81. The van der Waals surface area contributed by atoms with E-state index < -0.39 is 24.4 Å². The summed E-state index contributed by atoms with van der Waals surface area (Å²) >= 11 is 0. The Balaban J connectivity index is 2.18. The molecule has 0 spiro atoms. The van der Waals surface area contributed by atoms with Crippen LogP contribution in [0.3, 0.4) is 0 Å². The number of carbonyl (C=O) groups excluding carboxylic acids is 2. The lowest BCUT2D eigenvalue weighted by molar-refractivity contribution is -0.126. The van der Waals surface area contributed by atoms with Gasteiger partial charge in [0.1, 0.15) is 11.5 Å². The van der Waals surface area contributed by atoms with E-state index in [0.29, 0.717) is 11.5 Å². The third-order valence-corrected chi connectivity index (χ3v) is 5.78. The lowest BCUT2D eigenvalue weighted by atomic mass is 9.78. The molecule has 0 bridgehead atoms. The molecule has 6 nitrogen and oxygen atoms in total. The molecule has 0 aromatic heterocycles. The fraction of sp³-hybridized carbons (Fsp3) is 0.379. The Morgan fingerprint density at radius 2 is 1.03 bits per heavy atom. The Morgan fingerprint density at radius 1 is 0.714 bits per heavy atom. The Labute approximate surface area is 207 Å². The first-order valence-electron chi connectivity index (χ1n) is 11.7. The van der Waals surface area contributed by atoms with Crippen LogP contribution in [0.5, 0.6) is 11.5 Å². The van der Waals surface area contributed by atoms with Gasteiger partial charge in [0.15, 0.2) is 23.8 Å². The molecule has 0 radical (unpaired) electrons. The van der Waals surface area contributed by atoms with Crippen LogP contribution in [0, 0.1) is 0 Å². The Hall–Kier alpha value is -3.22. The van der Waals surface area contributed by atoms with Gasteiger partial charge in [0, 0.05) is 5.41 Å². The third-order valence-electron chi connectivity index (χ3n) is 5.78. The number of aliphatic hydroxyl groups excluding tert-OH is 2. The average molecular weight is 481 g/mol. The van der Waals surface area contributed by atoms with Crippen LogP contribution < -0.4 is 9.47 Å². The topological polar surface area (TPSA) is 93.1 Å². The summed E-state index contributed by atoms with van der Waals surface area (Å²) in [7, 11) is 0. The molecule has 4 atom stereocenters. The number of allylic oxidation sites excluding steroid dienone is 2. The summed E-state index contributed by atoms with van der Waals surface area (Å²) in [4.78, 5) is 24.4. The van der Waals surface area contributed by atoms with E-state index in [9.17, 15) is 19.8 Å². The molecule has 0 heterocycles. The summed E-state index contributed by atoms with van der Waals surface area (Å²) in [5, 5.41) is 19.9. The highest BCUT2D eigenvalue weighted by Crippen LogP contribution is 2.33. The minimum absolute atomic E-state index is 0.292. The standard InChI is InChI=1S/C29H36O6/c1-7-9-25(32)27(19(3)30)34-23-15-11-21(12-16-23)29(5,6)22-13-17-24(18-14-22)35-28(20(4)31)26(33)10-8-2/h7-20,27-28,30-31H,1-6H3. The summed E-state index contributed by atoms with van der Waals surface area (Å²) in [6.07, 6.45) is 2.19. The Morgan fingerprint density at radius 3 is 1.29 bits per heavy atom. The predicted molar refractivity (Wildman–Crippen MR) is 137 cm³/mol. The van der Waals surface area contributed by atoms with Crippen molar-refractivity contribution in [3.63, 3.8) is 0 Å². The molecule has 2 rings (SSSR count). The molecule has 0 amide bonds. The largest absolute Gasteiger partial charge is 0.480 e. The van der Waals surface area contributed by atoms with Gasteiger partial charge in [0.2, 0.25) is 0 Å². The zero-order valence-electron chi connectivity index (χ0n) is 21.3. The lowest BCUT2D eigenvalue weighted by Gasteiger charge is -2.27. The molecule has 0 aliphatic heterocycles. The Kier molecular flexibility index (Phi) is 9.99. The van der Waals surface area contributed by atoms with E-state index in [-0.39, 0.29) is 17.0 Å². The number of rotatable bonds is 12. The number of ketones is 2. The molecule has 0 fully saturated rings. The van der Waals surface area contributed by atoms with Gasteiger partial charge in [-0.2, -0.15) is 0 Å². The Bertz CT molecular complexity index is 946. The van der Waals surface area contributed by atoms with Gasteiger partial charge in [-0.25, -0.2) is 0 Å². The first-order chi connectivity index (χ1) is 16.5. The summed E-state index contributed by atoms with van der Waals surface area (Å²) in [5.74, 6) is 0.401. The van der Waals surface area contributed by atoms with Crippen LogP contribution in [-0.4, -0.2) is 46.2 Å². The van der Waals surface area contributed by atoms with Crippen LogP contribution in [-0.2, 0) is 15.0 Å². The van der Waals surface area contributed by atoms with Gasteiger partial charge in [0.25, 0.3) is 0 Å². The minimum atomic E-state index is -0.970. The molecule has 0 aliphatic carbocycles. The molecular weight excluding hydrogens is 444 g/mol. The normalized spacial score (nSPS) is 15.5. The molecule has 0 saturated heterocycles. The molecule has 0 saturated carbocycles. The third kappa shape index (κ3) is 7.38. The van der Waals surface area contributed by atoms with Gasteiger partial charge in [-0.1, -0.05) is 50.3 Å². The molecule has 0 aliphatic rings. The molecule has 2 aromatic carbocycles. The second-order valence-electron chi connectivity index (χ2n) is 9.04. The molecule has 35 heavy (non-hydrogen) atoms. The zero-order valence-corrected chi connectivity index (χ0v) is 21.3. The second kappa shape index (κ2) is 12.5. The van der Waals surface area contributed by atoms with E-state index in [0.717, 1.165) is 11.1 Å². The molecule has 6 heteroatoms. The van der Waals surface area contributed by atoms with E-state index in [1.165, 1.54) is 26.0 Å². The van der Waals surface area contributed by atoms with Crippen LogP contribution in [0.1, 0.15) is 52.7 Å². The SMILES string of the molecule is CC=CC(=O)C(Oc1ccc(C(C)(C)c2ccc(OC(C(=O)C=CC)C(C)O)cc2)cc1)C(C)O. The van der Waals surface area contributed by atoms with Crippen LogP contribution in [0.25, 0.3) is 0 Å². The van der Waals surface area contributed by atoms with E-state index in [2.05, 4.69) is 13.8 Å². The van der Waals surface area contributed by atoms with Crippen LogP contribution in [0.2, 0.25) is 0 Å². The van der Waals surface area contributed by atoms with Crippen molar-refractivity contribution in [2.45, 2.75) is 71.4 Å². The quantitative estimate of drug-likeness (QED) is 0.433. The summed E-state index contributed by atoms with van der Waals surface area (Å²) in [6.45, 7) is 10.7. The molecule has 2 N–H and O–H groups in total. The fourth-order valence-corrected chi connectivity index (χ4v) is 3.67. The van der Waals surface area contributed by atoms with Gasteiger partial charge in [-0.3, -0.25) is 9.59 Å². The van der Waals surface area contributed by atoms with Gasteiger partial charge in [-0.15, -0.1) is 0 Å². The molecule has 188 valence electrons. The summed E-state index contributed by atoms with van der Waals surface area (Å²) < 4.78 is 11.5. The number of ether oxygens (including phenoxy) is 2. The highest BCUT2D eigenvalue weighted by atomic mass is 16.5. The van der Waals surface area contributed by atoms with Crippen molar-refractivity contribution in [1.29, 1.82) is 0 Å². The van der Waals surface area contributed by atoms with Crippen molar-refractivity contribution in [2.75, 3.05) is 0 Å². The second-order valence-corrected chi connectivity index (χ2v) is 9.04. The lowest BCUT2D eigenvalue weighted by Crippen LogP contribution is -2.36. The van der Waals surface area contributed by atoms with Crippen molar-refractivity contribution in [3.05, 3.63) is 84.0 Å². The highest BCUT2D eigenvalue weighted by molar-refractivity contribution is 5.94. The highest BCUT2D eigenvalue weighted by Gasteiger charge is 2.27. The van der Waals surface area contributed by atoms with Gasteiger partial charge < -0.3 is 19.7 Å². The maximum atomic E-state index is 12.2. The van der Waals surface area contributed by atoms with Crippen molar-refractivity contribution in [1.82, 2.24) is 0 Å². The molecule has 2 aromatic rings. The predicted octanol–water partition coefficient (Wildman–Crippen LogP) is 4.56. The number of hydrogen-bond donors (Lipinski definition) is 2. The van der Waals surface area contributed by atoms with E-state index in [4.69, 9.17) is 9.47 Å². The van der Waals surface area contributed by atoms with Gasteiger partial charge in [-0.05, 0) is 75.2 Å². The summed E-state index contributed by atoms with van der Waals surface area (Å²) in [5.41, 5.74) is 1.69. The van der Waals surface area contributed by atoms with Crippen molar-refractivity contribution in [2.24, 2.45) is 0 Å². The number of hydrogen-bond acceptors (Lipinski definition) is 6. The van der Waals surface area contributed by atoms with E-state index in [1.54, 1.807) is 50.3 Å². The van der Waals surface area contributed by atoms with Crippen LogP contribution in [0.15, 0.2) is 72.8 Å². The maximum absolute atomic E-state index is 12.2. The maximum Gasteiger partial charge on any atom is 0.198 e. The van der Waals surface area contributed by atoms with Gasteiger partial charge in [0.05, 0.1) is 12.2 Å². The van der Waals surface area contributed by atoms with Crippen molar-refractivity contribution in [3.8, 4) is 11.5 Å². The van der Waals surface area contributed by atoms with E-state index in [1.807, 2.05) is 24.3 Å². The molecule has 4 unspecified atom stereocenters. The van der Waals surface area contributed by atoms with Crippen molar-refractivity contribution >= 4 is 11.6 Å².